The maximum atomic E-state index is 11.7. The quantitative estimate of drug-likeness (QED) is 0.541. The van der Waals surface area contributed by atoms with Gasteiger partial charge in [0.05, 0.1) is 6.54 Å². The second-order valence-electron chi connectivity index (χ2n) is 3.44. The molecule has 1 rings (SSSR count). The molecule has 0 aliphatic rings. The molecule has 0 fully saturated rings. The third kappa shape index (κ3) is 3.79. The first-order valence-corrected chi connectivity index (χ1v) is 4.72. The molecule has 4 nitrogen and oxygen atoms in total. The zero-order chi connectivity index (χ0) is 11.3. The van der Waals surface area contributed by atoms with E-state index in [1.165, 1.54) is 6.54 Å². The van der Waals surface area contributed by atoms with Crippen molar-refractivity contribution in [1.82, 2.24) is 10.4 Å². The summed E-state index contributed by atoms with van der Waals surface area (Å²) in [6.45, 7) is 1.77. The second kappa shape index (κ2) is 5.60. The van der Waals surface area contributed by atoms with Crippen molar-refractivity contribution in [3.63, 3.8) is 0 Å². The van der Waals surface area contributed by atoms with Crippen molar-refractivity contribution in [2.45, 2.75) is 0 Å². The normalized spacial score (nSPS) is 10.7. The molecule has 81 valence electrons. The fraction of sp³-hybridized carbons (Fsp3) is 0.273. The highest BCUT2D eigenvalue weighted by Crippen LogP contribution is 2.05. The Bertz CT molecular complexity index is 336. The van der Waals surface area contributed by atoms with Gasteiger partial charge in [0.1, 0.15) is 0 Å². The molecule has 0 saturated heterocycles. The summed E-state index contributed by atoms with van der Waals surface area (Å²) < 4.78 is 0. The van der Waals surface area contributed by atoms with Gasteiger partial charge in [-0.3, -0.25) is 9.80 Å². The molecule has 0 saturated carbocycles. The average molecular weight is 206 g/mol. The van der Waals surface area contributed by atoms with Gasteiger partial charge in [0, 0.05) is 26.2 Å². The van der Waals surface area contributed by atoms with E-state index >= 15 is 0 Å². The van der Waals surface area contributed by atoms with Gasteiger partial charge in [0.25, 0.3) is 0 Å². The third-order valence-electron chi connectivity index (χ3n) is 1.96. The molecular weight excluding hydrogens is 190 g/mol. The first-order chi connectivity index (χ1) is 7.13. The van der Waals surface area contributed by atoms with E-state index in [4.69, 9.17) is 5.73 Å². The molecule has 0 unspecified atom stereocenters. The molecule has 0 amide bonds. The van der Waals surface area contributed by atoms with Gasteiger partial charge in [-0.25, -0.2) is 5.43 Å². The summed E-state index contributed by atoms with van der Waals surface area (Å²) in [5, 5.41) is 1.75. The topological polar surface area (TPSA) is 58.4 Å². The Balaban J connectivity index is 2.65. The number of carbonyl (C=O) groups is 1. The Morgan fingerprint density at radius 1 is 1.53 bits per heavy atom. The summed E-state index contributed by atoms with van der Waals surface area (Å²) in [7, 11) is 3.69. The highest BCUT2D eigenvalue weighted by molar-refractivity contribution is 5.97. The molecule has 0 heterocycles. The maximum Gasteiger partial charge on any atom is 0.178 e. The monoisotopic (exact) mass is 206 g/mol. The highest BCUT2D eigenvalue weighted by Gasteiger charge is 2.05. The average Bonchev–Trinajstić information content (AvgIpc) is 2.26. The van der Waals surface area contributed by atoms with Crippen LogP contribution in [0.15, 0.2) is 24.3 Å². The summed E-state index contributed by atoms with van der Waals surface area (Å²) in [6, 6.07) is 7.24. The number of nitrogens with one attached hydrogen (secondary N) is 1. The van der Waals surface area contributed by atoms with Crippen LogP contribution in [0.2, 0.25) is 0 Å². The SMILES string of the molecule is CN(C)NCC(=O)c1cccc([CH]N)c1. The molecule has 0 atom stereocenters. The van der Waals surface area contributed by atoms with E-state index in [2.05, 4.69) is 5.43 Å². The Morgan fingerprint density at radius 2 is 2.27 bits per heavy atom. The van der Waals surface area contributed by atoms with Crippen LogP contribution in [0, 0.1) is 6.54 Å². The molecule has 0 aromatic heterocycles. The molecule has 0 bridgehead atoms. The van der Waals surface area contributed by atoms with E-state index in [1.54, 1.807) is 17.1 Å². The van der Waals surface area contributed by atoms with Crippen molar-refractivity contribution in [2.24, 2.45) is 5.73 Å². The van der Waals surface area contributed by atoms with Gasteiger partial charge in [0.2, 0.25) is 0 Å². The zero-order valence-electron chi connectivity index (χ0n) is 9.03. The van der Waals surface area contributed by atoms with Gasteiger partial charge in [-0.05, 0) is 11.6 Å². The second-order valence-corrected chi connectivity index (χ2v) is 3.44. The van der Waals surface area contributed by atoms with Gasteiger partial charge in [-0.15, -0.1) is 0 Å². The molecule has 0 aliphatic heterocycles. The molecule has 1 radical (unpaired) electrons. The van der Waals surface area contributed by atoms with Crippen molar-refractivity contribution in [1.29, 1.82) is 0 Å². The van der Waals surface area contributed by atoms with Crippen LogP contribution in [0.3, 0.4) is 0 Å². The summed E-state index contributed by atoms with van der Waals surface area (Å²) in [4.78, 5) is 11.7. The number of hydrazine groups is 1. The Kier molecular flexibility index (Phi) is 4.42. The predicted molar refractivity (Wildman–Crippen MR) is 60.1 cm³/mol. The molecule has 15 heavy (non-hydrogen) atoms. The number of benzene rings is 1. The third-order valence-corrected chi connectivity index (χ3v) is 1.96. The number of nitrogens with zero attached hydrogens (tertiary/aromatic N) is 1. The number of nitrogens with two attached hydrogens (primary N) is 1. The lowest BCUT2D eigenvalue weighted by atomic mass is 10.1. The maximum absolute atomic E-state index is 11.7. The number of hydrogen-bond acceptors (Lipinski definition) is 4. The van der Waals surface area contributed by atoms with Gasteiger partial charge in [-0.2, -0.15) is 0 Å². The molecule has 4 heteroatoms. The van der Waals surface area contributed by atoms with Crippen LogP contribution in [0.5, 0.6) is 0 Å². The minimum Gasteiger partial charge on any atom is -0.322 e. The van der Waals surface area contributed by atoms with Crippen LogP contribution in [-0.2, 0) is 0 Å². The van der Waals surface area contributed by atoms with Crippen LogP contribution in [0.1, 0.15) is 15.9 Å². The van der Waals surface area contributed by atoms with Crippen LogP contribution in [0.25, 0.3) is 0 Å². The lowest BCUT2D eigenvalue weighted by Gasteiger charge is -2.11. The fourth-order valence-corrected chi connectivity index (χ4v) is 1.15. The van der Waals surface area contributed by atoms with Crippen LogP contribution < -0.4 is 11.2 Å². The smallest absolute Gasteiger partial charge is 0.178 e. The van der Waals surface area contributed by atoms with Crippen LogP contribution >= 0.6 is 0 Å². The summed E-state index contributed by atoms with van der Waals surface area (Å²) in [5.74, 6) is 0.0485. The largest absolute Gasteiger partial charge is 0.322 e. The Hall–Kier alpha value is -1.23. The van der Waals surface area contributed by atoms with Crippen molar-refractivity contribution >= 4 is 5.78 Å². The first kappa shape index (κ1) is 11.8. The van der Waals surface area contributed by atoms with E-state index in [-0.39, 0.29) is 5.78 Å². The molecule has 0 aliphatic carbocycles. The van der Waals surface area contributed by atoms with E-state index in [1.807, 2.05) is 26.2 Å². The van der Waals surface area contributed by atoms with E-state index in [0.29, 0.717) is 12.1 Å². The van der Waals surface area contributed by atoms with Crippen LogP contribution in [0.4, 0.5) is 0 Å². The molecular formula is C11H16N3O. The standard InChI is InChI=1S/C11H16N3O/c1-14(2)13-8-11(15)10-5-3-4-9(6-10)7-12/h3-7,13H,8,12H2,1-2H3. The van der Waals surface area contributed by atoms with Crippen molar-refractivity contribution < 1.29 is 4.79 Å². The van der Waals surface area contributed by atoms with Gasteiger partial charge in [-0.1, -0.05) is 18.2 Å². The predicted octanol–water partition coefficient (Wildman–Crippen LogP) is 0.404. The highest BCUT2D eigenvalue weighted by atomic mass is 16.1. The first-order valence-electron chi connectivity index (χ1n) is 4.72. The molecule has 1 aromatic rings. The zero-order valence-corrected chi connectivity index (χ0v) is 9.03. The van der Waals surface area contributed by atoms with E-state index in [0.717, 1.165) is 5.56 Å². The molecule has 0 spiro atoms. The fourth-order valence-electron chi connectivity index (χ4n) is 1.15. The Morgan fingerprint density at radius 3 is 2.87 bits per heavy atom. The molecule has 1 aromatic carbocycles. The Labute approximate surface area is 90.0 Å². The summed E-state index contributed by atoms with van der Waals surface area (Å²) in [5.41, 5.74) is 9.83. The lowest BCUT2D eigenvalue weighted by Crippen LogP contribution is -2.34. The number of hydrogen-bond donors (Lipinski definition) is 2. The van der Waals surface area contributed by atoms with Crippen molar-refractivity contribution in [2.75, 3.05) is 20.6 Å². The van der Waals surface area contributed by atoms with Crippen LogP contribution in [-0.4, -0.2) is 31.4 Å². The van der Waals surface area contributed by atoms with Gasteiger partial charge >= 0.3 is 0 Å². The number of ketones is 1. The minimum atomic E-state index is 0.0485. The van der Waals surface area contributed by atoms with Crippen molar-refractivity contribution in [3.05, 3.63) is 41.9 Å². The summed E-state index contributed by atoms with van der Waals surface area (Å²) in [6.07, 6.45) is 0. The van der Waals surface area contributed by atoms with Gasteiger partial charge in [0.15, 0.2) is 5.78 Å². The summed E-state index contributed by atoms with van der Waals surface area (Å²) >= 11 is 0. The van der Waals surface area contributed by atoms with E-state index in [9.17, 15) is 4.79 Å². The van der Waals surface area contributed by atoms with Crippen molar-refractivity contribution in [3.8, 4) is 0 Å². The molecule has 3 N–H and O–H groups in total. The number of Topliss-reactive ketones (excluding diaryl/α,β-unsaturated/α-hetero) is 1. The minimum absolute atomic E-state index is 0.0485. The van der Waals surface area contributed by atoms with E-state index < -0.39 is 0 Å². The lowest BCUT2D eigenvalue weighted by molar-refractivity contribution is 0.0964. The van der Waals surface area contributed by atoms with Gasteiger partial charge < -0.3 is 5.73 Å². The number of rotatable bonds is 5. The number of carbonyl (C=O) groups excluding carboxylic acids is 1.